The summed E-state index contributed by atoms with van der Waals surface area (Å²) >= 11 is 11.9. The summed E-state index contributed by atoms with van der Waals surface area (Å²) in [5.74, 6) is -0.00354. The molecule has 0 aliphatic carbocycles. The van der Waals surface area contributed by atoms with Crippen molar-refractivity contribution in [2.45, 2.75) is 26.4 Å². The second-order valence-electron chi connectivity index (χ2n) is 5.62. The van der Waals surface area contributed by atoms with E-state index in [0.717, 1.165) is 11.3 Å². The van der Waals surface area contributed by atoms with Crippen LogP contribution in [0.4, 0.5) is 5.95 Å². The predicted molar refractivity (Wildman–Crippen MR) is 95.9 cm³/mol. The van der Waals surface area contributed by atoms with Gasteiger partial charge in [0.15, 0.2) is 0 Å². The molecule has 130 valence electrons. The first-order chi connectivity index (χ1) is 11.9. The summed E-state index contributed by atoms with van der Waals surface area (Å²) in [6, 6.07) is 6.73. The molecule has 2 aromatic heterocycles. The van der Waals surface area contributed by atoms with Crippen LogP contribution in [0.15, 0.2) is 36.8 Å². The minimum atomic E-state index is -0.462. The van der Waals surface area contributed by atoms with Crippen LogP contribution in [0.3, 0.4) is 0 Å². The van der Waals surface area contributed by atoms with Crippen molar-refractivity contribution in [2.24, 2.45) is 0 Å². The van der Waals surface area contributed by atoms with E-state index in [1.807, 2.05) is 19.1 Å². The molecule has 0 spiro atoms. The lowest BCUT2D eigenvalue weighted by molar-refractivity contribution is -0.119. The first-order valence-electron chi connectivity index (χ1n) is 7.58. The Morgan fingerprint density at radius 1 is 1.24 bits per heavy atom. The van der Waals surface area contributed by atoms with Crippen LogP contribution in [0.1, 0.15) is 24.2 Å². The van der Waals surface area contributed by atoms with E-state index in [-0.39, 0.29) is 11.9 Å². The van der Waals surface area contributed by atoms with Gasteiger partial charge in [0.1, 0.15) is 12.4 Å². The van der Waals surface area contributed by atoms with Gasteiger partial charge in [0.05, 0.1) is 22.3 Å². The zero-order valence-corrected chi connectivity index (χ0v) is 15.2. The SMILES string of the molecule is Cc1ccn(C(C)C(=O)Nc2ncn(Cc3ccc(Cl)c(Cl)c3)n2)n1. The molecule has 0 saturated carbocycles. The number of hydrogen-bond acceptors (Lipinski definition) is 4. The van der Waals surface area contributed by atoms with Crippen LogP contribution < -0.4 is 5.32 Å². The third-order valence-corrected chi connectivity index (χ3v) is 4.36. The van der Waals surface area contributed by atoms with Crippen LogP contribution in [-0.4, -0.2) is 30.5 Å². The number of nitrogens with one attached hydrogen (secondary N) is 1. The number of carbonyl (C=O) groups is 1. The highest BCUT2D eigenvalue weighted by Gasteiger charge is 2.17. The molecule has 25 heavy (non-hydrogen) atoms. The largest absolute Gasteiger partial charge is 0.291 e. The summed E-state index contributed by atoms with van der Waals surface area (Å²) in [6.07, 6.45) is 3.30. The van der Waals surface area contributed by atoms with Crippen LogP contribution in [0.2, 0.25) is 10.0 Å². The number of aryl methyl sites for hydroxylation is 1. The fourth-order valence-electron chi connectivity index (χ4n) is 2.24. The molecule has 0 saturated heterocycles. The van der Waals surface area contributed by atoms with Gasteiger partial charge in [-0.2, -0.15) is 5.10 Å². The first kappa shape index (κ1) is 17.4. The van der Waals surface area contributed by atoms with Gasteiger partial charge in [-0.25, -0.2) is 9.67 Å². The summed E-state index contributed by atoms with van der Waals surface area (Å²) in [5.41, 5.74) is 1.78. The van der Waals surface area contributed by atoms with Gasteiger partial charge in [0, 0.05) is 6.20 Å². The molecule has 0 fully saturated rings. The second kappa shape index (κ2) is 7.25. The maximum absolute atomic E-state index is 12.3. The molecular formula is C16H16Cl2N6O. The zero-order valence-electron chi connectivity index (χ0n) is 13.6. The van der Waals surface area contributed by atoms with Crippen molar-refractivity contribution in [3.63, 3.8) is 0 Å². The predicted octanol–water partition coefficient (Wildman–Crippen LogP) is 3.34. The Kier molecular flexibility index (Phi) is 5.06. The minimum absolute atomic E-state index is 0.237. The van der Waals surface area contributed by atoms with Crippen molar-refractivity contribution in [3.8, 4) is 0 Å². The van der Waals surface area contributed by atoms with E-state index in [1.165, 1.54) is 0 Å². The Hall–Kier alpha value is -2.38. The number of hydrogen-bond donors (Lipinski definition) is 1. The maximum Gasteiger partial charge on any atom is 0.251 e. The number of amides is 1. The standard InChI is InChI=1S/C16H16Cl2N6O/c1-10-5-6-24(21-10)11(2)15(25)20-16-19-9-23(22-16)8-12-3-4-13(17)14(18)7-12/h3-7,9,11H,8H2,1-2H3,(H,20,22,25). The summed E-state index contributed by atoms with van der Waals surface area (Å²) in [7, 11) is 0. The Balaban J connectivity index is 1.64. The molecule has 0 aliphatic rings. The molecule has 1 unspecified atom stereocenters. The maximum atomic E-state index is 12.3. The zero-order chi connectivity index (χ0) is 18.0. The average molecular weight is 379 g/mol. The quantitative estimate of drug-likeness (QED) is 0.738. The Morgan fingerprint density at radius 3 is 2.72 bits per heavy atom. The molecular weight excluding hydrogens is 363 g/mol. The monoisotopic (exact) mass is 378 g/mol. The van der Waals surface area contributed by atoms with E-state index in [0.29, 0.717) is 16.6 Å². The third kappa shape index (κ3) is 4.18. The van der Waals surface area contributed by atoms with Crippen LogP contribution in [0.25, 0.3) is 0 Å². The molecule has 1 N–H and O–H groups in total. The third-order valence-electron chi connectivity index (χ3n) is 3.62. The number of anilines is 1. The Morgan fingerprint density at radius 2 is 2.04 bits per heavy atom. The first-order valence-corrected chi connectivity index (χ1v) is 8.34. The van der Waals surface area contributed by atoms with Crippen molar-refractivity contribution in [3.05, 3.63) is 58.1 Å². The Bertz CT molecular complexity index is 904. The van der Waals surface area contributed by atoms with Gasteiger partial charge in [-0.1, -0.05) is 29.3 Å². The highest BCUT2D eigenvalue weighted by molar-refractivity contribution is 6.42. The van der Waals surface area contributed by atoms with Gasteiger partial charge in [-0.3, -0.25) is 14.8 Å². The van der Waals surface area contributed by atoms with Gasteiger partial charge in [0.2, 0.25) is 5.95 Å². The molecule has 0 aliphatic heterocycles. The van der Waals surface area contributed by atoms with E-state index in [4.69, 9.17) is 23.2 Å². The summed E-state index contributed by atoms with van der Waals surface area (Å²) in [5, 5.41) is 12.2. The van der Waals surface area contributed by atoms with Crippen molar-refractivity contribution >= 4 is 35.1 Å². The molecule has 2 heterocycles. The van der Waals surface area contributed by atoms with Gasteiger partial charge in [0.25, 0.3) is 5.91 Å². The van der Waals surface area contributed by atoms with Gasteiger partial charge < -0.3 is 0 Å². The highest BCUT2D eigenvalue weighted by atomic mass is 35.5. The fourth-order valence-corrected chi connectivity index (χ4v) is 2.56. The van der Waals surface area contributed by atoms with Crippen molar-refractivity contribution in [2.75, 3.05) is 5.32 Å². The highest BCUT2D eigenvalue weighted by Crippen LogP contribution is 2.23. The summed E-state index contributed by atoms with van der Waals surface area (Å²) in [4.78, 5) is 16.4. The van der Waals surface area contributed by atoms with Crippen LogP contribution in [-0.2, 0) is 11.3 Å². The molecule has 1 amide bonds. The summed E-state index contributed by atoms with van der Waals surface area (Å²) in [6.45, 7) is 4.09. The number of halogens is 2. The molecule has 9 heteroatoms. The van der Waals surface area contributed by atoms with Crippen molar-refractivity contribution in [1.82, 2.24) is 24.5 Å². The molecule has 1 aromatic carbocycles. The number of nitrogens with zero attached hydrogens (tertiary/aromatic N) is 5. The molecule has 7 nitrogen and oxygen atoms in total. The Labute approximate surface area is 154 Å². The normalized spacial score (nSPS) is 12.2. The number of carbonyl (C=O) groups excluding carboxylic acids is 1. The van der Waals surface area contributed by atoms with E-state index < -0.39 is 6.04 Å². The van der Waals surface area contributed by atoms with Gasteiger partial charge in [-0.15, -0.1) is 5.10 Å². The molecule has 3 aromatic rings. The lowest BCUT2D eigenvalue weighted by atomic mass is 10.2. The molecule has 0 bridgehead atoms. The minimum Gasteiger partial charge on any atom is -0.291 e. The van der Waals surface area contributed by atoms with Crippen molar-refractivity contribution < 1.29 is 4.79 Å². The van der Waals surface area contributed by atoms with E-state index in [2.05, 4.69) is 20.5 Å². The lowest BCUT2D eigenvalue weighted by Crippen LogP contribution is -2.24. The van der Waals surface area contributed by atoms with E-state index in [1.54, 1.807) is 40.9 Å². The molecule has 0 radical (unpaired) electrons. The topological polar surface area (TPSA) is 77.6 Å². The lowest BCUT2D eigenvalue weighted by Gasteiger charge is -2.10. The average Bonchev–Trinajstić information content (AvgIpc) is 3.19. The fraction of sp³-hybridized carbons (Fsp3) is 0.250. The smallest absolute Gasteiger partial charge is 0.251 e. The summed E-state index contributed by atoms with van der Waals surface area (Å²) < 4.78 is 3.20. The number of benzene rings is 1. The number of rotatable bonds is 5. The van der Waals surface area contributed by atoms with Crippen LogP contribution in [0.5, 0.6) is 0 Å². The second-order valence-corrected chi connectivity index (χ2v) is 6.43. The van der Waals surface area contributed by atoms with E-state index >= 15 is 0 Å². The molecule has 1 atom stereocenters. The van der Waals surface area contributed by atoms with Crippen LogP contribution >= 0.6 is 23.2 Å². The van der Waals surface area contributed by atoms with Gasteiger partial charge in [-0.05, 0) is 37.6 Å². The number of aromatic nitrogens is 5. The van der Waals surface area contributed by atoms with Crippen molar-refractivity contribution in [1.29, 1.82) is 0 Å². The van der Waals surface area contributed by atoms with E-state index in [9.17, 15) is 4.79 Å². The van der Waals surface area contributed by atoms with Crippen LogP contribution in [0, 0.1) is 6.92 Å². The van der Waals surface area contributed by atoms with Gasteiger partial charge >= 0.3 is 0 Å². The molecule has 3 rings (SSSR count).